The Labute approximate surface area is 105 Å². The minimum Gasteiger partial charge on any atom is -0.481 e. The summed E-state index contributed by atoms with van der Waals surface area (Å²) in [6.07, 6.45) is 5.87. The lowest BCUT2D eigenvalue weighted by Crippen LogP contribution is -2.31. The van der Waals surface area contributed by atoms with Crippen LogP contribution in [0.25, 0.3) is 6.08 Å². The van der Waals surface area contributed by atoms with E-state index in [2.05, 4.69) is 6.58 Å². The number of carboxylic acid groups (broad SMARTS) is 1. The fourth-order valence-corrected chi connectivity index (χ4v) is 1.32. The van der Waals surface area contributed by atoms with Gasteiger partial charge in [0.1, 0.15) is 5.76 Å². The molecule has 1 N–H and O–H groups in total. The normalized spacial score (nSPS) is 10.4. The van der Waals surface area contributed by atoms with Crippen molar-refractivity contribution in [3.8, 4) is 0 Å². The van der Waals surface area contributed by atoms with Crippen LogP contribution in [0.3, 0.4) is 0 Å². The van der Waals surface area contributed by atoms with Gasteiger partial charge in [-0.25, -0.2) is 0 Å². The molecule has 0 aromatic carbocycles. The quantitative estimate of drug-likeness (QED) is 0.590. The monoisotopic (exact) mass is 249 g/mol. The number of rotatable bonds is 7. The molecule has 0 saturated heterocycles. The number of carbonyl (C=O) groups excluding carboxylic acids is 1. The smallest absolute Gasteiger partial charge is 0.305 e. The summed E-state index contributed by atoms with van der Waals surface area (Å²) in [5, 5.41) is 8.60. The zero-order valence-corrected chi connectivity index (χ0v) is 9.91. The van der Waals surface area contributed by atoms with Crippen LogP contribution >= 0.6 is 0 Å². The zero-order valence-electron chi connectivity index (χ0n) is 9.91. The zero-order chi connectivity index (χ0) is 13.4. The summed E-state index contributed by atoms with van der Waals surface area (Å²) in [7, 11) is 0. The Morgan fingerprint density at radius 2 is 2.28 bits per heavy atom. The number of aliphatic carboxylic acids is 1. The van der Waals surface area contributed by atoms with Crippen molar-refractivity contribution in [3.63, 3.8) is 0 Å². The maximum Gasteiger partial charge on any atom is 0.305 e. The van der Waals surface area contributed by atoms with E-state index in [1.807, 2.05) is 0 Å². The molecule has 1 aromatic heterocycles. The lowest BCUT2D eigenvalue weighted by Gasteiger charge is -2.17. The third-order valence-electron chi connectivity index (χ3n) is 2.19. The van der Waals surface area contributed by atoms with Crippen LogP contribution < -0.4 is 0 Å². The SMILES string of the molecule is C=CCN(CCC(=O)O)C(=O)/C=C/c1ccco1. The van der Waals surface area contributed by atoms with Crippen LogP contribution in [-0.2, 0) is 9.59 Å². The topological polar surface area (TPSA) is 70.8 Å². The molecule has 0 atom stereocenters. The summed E-state index contributed by atoms with van der Waals surface area (Å²) >= 11 is 0. The first-order chi connectivity index (χ1) is 8.63. The molecule has 5 heteroatoms. The van der Waals surface area contributed by atoms with E-state index in [-0.39, 0.29) is 18.9 Å². The van der Waals surface area contributed by atoms with Crippen LogP contribution in [0.5, 0.6) is 0 Å². The van der Waals surface area contributed by atoms with Crippen LogP contribution in [0.1, 0.15) is 12.2 Å². The van der Waals surface area contributed by atoms with E-state index < -0.39 is 5.97 Å². The minimum absolute atomic E-state index is 0.0891. The number of carbonyl (C=O) groups is 2. The van der Waals surface area contributed by atoms with Gasteiger partial charge in [0.2, 0.25) is 5.91 Å². The second-order valence-electron chi connectivity index (χ2n) is 3.57. The first kappa shape index (κ1) is 13.8. The van der Waals surface area contributed by atoms with Crippen LogP contribution in [-0.4, -0.2) is 35.0 Å². The third-order valence-corrected chi connectivity index (χ3v) is 2.19. The minimum atomic E-state index is -0.938. The Morgan fingerprint density at radius 1 is 1.50 bits per heavy atom. The van der Waals surface area contributed by atoms with Gasteiger partial charge >= 0.3 is 5.97 Å². The number of amides is 1. The van der Waals surface area contributed by atoms with E-state index >= 15 is 0 Å². The molecule has 96 valence electrons. The highest BCUT2D eigenvalue weighted by Crippen LogP contribution is 2.03. The molecule has 0 unspecified atom stereocenters. The summed E-state index contributed by atoms with van der Waals surface area (Å²) in [6, 6.07) is 3.44. The van der Waals surface area contributed by atoms with Crippen LogP contribution in [0.4, 0.5) is 0 Å². The standard InChI is InChI=1S/C13H15NO4/c1-2-8-14(9-7-13(16)17)12(15)6-5-11-4-3-10-18-11/h2-6,10H,1,7-9H2,(H,16,17)/b6-5+. The summed E-state index contributed by atoms with van der Waals surface area (Å²) in [5.41, 5.74) is 0. The van der Waals surface area contributed by atoms with Crippen molar-refractivity contribution >= 4 is 18.0 Å². The highest BCUT2D eigenvalue weighted by molar-refractivity contribution is 5.91. The molecule has 0 aliphatic heterocycles. The average Bonchev–Trinajstić information content (AvgIpc) is 2.84. The van der Waals surface area contributed by atoms with E-state index in [1.54, 1.807) is 24.3 Å². The van der Waals surface area contributed by atoms with E-state index in [4.69, 9.17) is 9.52 Å². The lowest BCUT2D eigenvalue weighted by atomic mass is 10.3. The Bertz CT molecular complexity index is 434. The summed E-state index contributed by atoms with van der Waals surface area (Å²) in [5.74, 6) is -0.639. The van der Waals surface area contributed by atoms with Crippen molar-refractivity contribution in [2.24, 2.45) is 0 Å². The van der Waals surface area contributed by atoms with Gasteiger partial charge in [-0.3, -0.25) is 9.59 Å². The first-order valence-electron chi connectivity index (χ1n) is 5.46. The summed E-state index contributed by atoms with van der Waals surface area (Å²) in [4.78, 5) is 23.7. The molecule has 1 amide bonds. The van der Waals surface area contributed by atoms with E-state index in [0.29, 0.717) is 12.3 Å². The molecule has 0 bridgehead atoms. The predicted octanol–water partition coefficient (Wildman–Crippen LogP) is 1.78. The Hall–Kier alpha value is -2.30. The van der Waals surface area contributed by atoms with Gasteiger partial charge in [0.25, 0.3) is 0 Å². The molecular formula is C13H15NO4. The molecular weight excluding hydrogens is 234 g/mol. The van der Waals surface area contributed by atoms with Gasteiger partial charge in [-0.2, -0.15) is 0 Å². The molecule has 0 radical (unpaired) electrons. The highest BCUT2D eigenvalue weighted by atomic mass is 16.4. The first-order valence-corrected chi connectivity index (χ1v) is 5.46. The predicted molar refractivity (Wildman–Crippen MR) is 66.8 cm³/mol. The van der Waals surface area contributed by atoms with Gasteiger partial charge in [0.15, 0.2) is 0 Å². The second kappa shape index (κ2) is 7.11. The van der Waals surface area contributed by atoms with Crippen molar-refractivity contribution in [1.29, 1.82) is 0 Å². The molecule has 18 heavy (non-hydrogen) atoms. The number of furan rings is 1. The van der Waals surface area contributed by atoms with Gasteiger partial charge in [-0.15, -0.1) is 6.58 Å². The van der Waals surface area contributed by atoms with Gasteiger partial charge in [0.05, 0.1) is 12.7 Å². The lowest BCUT2D eigenvalue weighted by molar-refractivity contribution is -0.137. The Balaban J connectivity index is 2.58. The van der Waals surface area contributed by atoms with E-state index in [9.17, 15) is 9.59 Å². The highest BCUT2D eigenvalue weighted by Gasteiger charge is 2.10. The Kier molecular flexibility index (Phi) is 5.44. The molecule has 1 heterocycles. The molecule has 1 aromatic rings. The molecule has 0 aliphatic rings. The van der Waals surface area contributed by atoms with Gasteiger partial charge < -0.3 is 14.4 Å². The number of hydrogen-bond acceptors (Lipinski definition) is 3. The Morgan fingerprint density at radius 3 is 2.83 bits per heavy atom. The van der Waals surface area contributed by atoms with Crippen molar-refractivity contribution in [3.05, 3.63) is 42.9 Å². The van der Waals surface area contributed by atoms with Crippen molar-refractivity contribution in [1.82, 2.24) is 4.90 Å². The average molecular weight is 249 g/mol. The van der Waals surface area contributed by atoms with Crippen molar-refractivity contribution in [2.75, 3.05) is 13.1 Å². The van der Waals surface area contributed by atoms with Crippen LogP contribution in [0.15, 0.2) is 41.5 Å². The van der Waals surface area contributed by atoms with Gasteiger partial charge in [0, 0.05) is 19.2 Å². The number of hydrogen-bond donors (Lipinski definition) is 1. The second-order valence-corrected chi connectivity index (χ2v) is 3.57. The molecule has 0 aliphatic carbocycles. The number of carboxylic acids is 1. The van der Waals surface area contributed by atoms with E-state index in [1.165, 1.54) is 17.2 Å². The fourth-order valence-electron chi connectivity index (χ4n) is 1.32. The van der Waals surface area contributed by atoms with Crippen molar-refractivity contribution < 1.29 is 19.1 Å². The molecule has 0 saturated carbocycles. The van der Waals surface area contributed by atoms with Gasteiger partial charge in [-0.1, -0.05) is 6.08 Å². The third kappa shape index (κ3) is 4.69. The summed E-state index contributed by atoms with van der Waals surface area (Å²) < 4.78 is 5.05. The van der Waals surface area contributed by atoms with Gasteiger partial charge in [-0.05, 0) is 18.2 Å². The largest absolute Gasteiger partial charge is 0.481 e. The molecule has 1 rings (SSSR count). The van der Waals surface area contributed by atoms with Crippen LogP contribution in [0, 0.1) is 0 Å². The maximum atomic E-state index is 11.8. The fraction of sp³-hybridized carbons (Fsp3) is 0.231. The molecule has 0 spiro atoms. The van der Waals surface area contributed by atoms with Crippen LogP contribution in [0.2, 0.25) is 0 Å². The molecule has 5 nitrogen and oxygen atoms in total. The maximum absolute atomic E-state index is 11.8. The summed E-state index contributed by atoms with van der Waals surface area (Å²) in [6.45, 7) is 4.01. The molecule has 0 fully saturated rings. The van der Waals surface area contributed by atoms with Crippen molar-refractivity contribution in [2.45, 2.75) is 6.42 Å². The number of nitrogens with zero attached hydrogens (tertiary/aromatic N) is 1. The van der Waals surface area contributed by atoms with E-state index in [0.717, 1.165) is 0 Å².